The largest absolute Gasteiger partial charge is 0.493 e. The molecule has 1 aliphatic heterocycles. The Morgan fingerprint density at radius 3 is 2.44 bits per heavy atom. The van der Waals surface area contributed by atoms with Crippen LogP contribution in [0.3, 0.4) is 0 Å². The molecule has 0 bridgehead atoms. The predicted molar refractivity (Wildman–Crippen MR) is 104 cm³/mol. The first-order chi connectivity index (χ1) is 13.0. The van der Waals surface area contributed by atoms with Gasteiger partial charge in [0.15, 0.2) is 17.3 Å². The summed E-state index contributed by atoms with van der Waals surface area (Å²) in [4.78, 5) is 25.9. The van der Waals surface area contributed by atoms with Gasteiger partial charge in [-0.3, -0.25) is 9.59 Å². The number of fused-ring (bicyclic) bond motifs is 1. The van der Waals surface area contributed by atoms with Crippen LogP contribution in [-0.2, 0) is 17.8 Å². The van der Waals surface area contributed by atoms with E-state index in [0.29, 0.717) is 30.2 Å². The average Bonchev–Trinajstić information content (AvgIpc) is 2.70. The number of Topliss-reactive ketones (excluding diaryl/α,β-unsaturated/α-hetero) is 1. The van der Waals surface area contributed by atoms with Crippen LogP contribution in [0.2, 0.25) is 0 Å². The maximum absolute atomic E-state index is 12.6. The van der Waals surface area contributed by atoms with Crippen LogP contribution in [0.15, 0.2) is 36.4 Å². The van der Waals surface area contributed by atoms with E-state index in [0.717, 1.165) is 17.7 Å². The second-order valence-corrected chi connectivity index (χ2v) is 6.53. The smallest absolute Gasteiger partial charge is 0.242 e. The summed E-state index contributed by atoms with van der Waals surface area (Å²) < 4.78 is 10.7. The summed E-state index contributed by atoms with van der Waals surface area (Å²) in [7, 11) is 3.23. The van der Waals surface area contributed by atoms with Crippen LogP contribution >= 0.6 is 0 Å². The molecular formula is C21H24N2O4. The van der Waals surface area contributed by atoms with Gasteiger partial charge in [-0.25, -0.2) is 0 Å². The molecule has 0 radical (unpaired) electrons. The normalized spacial score (nSPS) is 12.9. The van der Waals surface area contributed by atoms with Gasteiger partial charge >= 0.3 is 0 Å². The van der Waals surface area contributed by atoms with Gasteiger partial charge in [0.1, 0.15) is 0 Å². The van der Waals surface area contributed by atoms with Crippen molar-refractivity contribution in [1.29, 1.82) is 0 Å². The third kappa shape index (κ3) is 4.22. The van der Waals surface area contributed by atoms with E-state index >= 15 is 0 Å². The number of anilines is 1. The summed E-state index contributed by atoms with van der Waals surface area (Å²) >= 11 is 0. The molecule has 6 nitrogen and oxygen atoms in total. The Hall–Kier alpha value is -3.02. The van der Waals surface area contributed by atoms with Gasteiger partial charge in [-0.05, 0) is 48.7 Å². The van der Waals surface area contributed by atoms with Crippen molar-refractivity contribution in [2.75, 3.05) is 32.6 Å². The quantitative estimate of drug-likeness (QED) is 0.794. The zero-order chi connectivity index (χ0) is 19.4. The Labute approximate surface area is 159 Å². The molecule has 3 rings (SSSR count). The number of nitrogens with zero attached hydrogens (tertiary/aromatic N) is 1. The van der Waals surface area contributed by atoms with Crippen LogP contribution in [0, 0.1) is 0 Å². The lowest BCUT2D eigenvalue weighted by Gasteiger charge is -2.30. The van der Waals surface area contributed by atoms with Crippen molar-refractivity contribution in [1.82, 2.24) is 4.90 Å². The fraction of sp³-hybridized carbons (Fsp3) is 0.333. The van der Waals surface area contributed by atoms with E-state index in [4.69, 9.17) is 9.47 Å². The van der Waals surface area contributed by atoms with Crippen molar-refractivity contribution in [3.63, 3.8) is 0 Å². The van der Waals surface area contributed by atoms with Gasteiger partial charge in [0.05, 0.1) is 20.8 Å². The molecule has 0 spiro atoms. The summed E-state index contributed by atoms with van der Waals surface area (Å²) in [6.07, 6.45) is 0.779. The molecule has 0 fully saturated rings. The number of amides is 1. The van der Waals surface area contributed by atoms with Gasteiger partial charge in [-0.1, -0.05) is 12.1 Å². The standard InChI is InChI=1S/C21H24N2O4/c1-14(24)15-5-4-6-18(9-15)22-12-21(25)23-8-7-16-10-19(26-2)20(27-3)11-17(16)13-23/h4-6,9-11,22H,7-8,12-13H2,1-3H3. The minimum Gasteiger partial charge on any atom is -0.493 e. The molecule has 1 aliphatic rings. The zero-order valence-electron chi connectivity index (χ0n) is 15.9. The summed E-state index contributed by atoms with van der Waals surface area (Å²) in [6, 6.07) is 11.1. The molecule has 142 valence electrons. The highest BCUT2D eigenvalue weighted by Crippen LogP contribution is 2.33. The summed E-state index contributed by atoms with van der Waals surface area (Å²) in [5.74, 6) is 1.40. The van der Waals surface area contributed by atoms with Crippen molar-refractivity contribution in [2.45, 2.75) is 19.9 Å². The van der Waals surface area contributed by atoms with Gasteiger partial charge in [0, 0.05) is 24.3 Å². The van der Waals surface area contributed by atoms with Crippen molar-refractivity contribution >= 4 is 17.4 Å². The molecular weight excluding hydrogens is 344 g/mol. The van der Waals surface area contributed by atoms with Crippen LogP contribution in [0.5, 0.6) is 11.5 Å². The fourth-order valence-electron chi connectivity index (χ4n) is 3.23. The van der Waals surface area contributed by atoms with Crippen molar-refractivity contribution in [2.24, 2.45) is 0 Å². The van der Waals surface area contributed by atoms with Crippen molar-refractivity contribution in [3.8, 4) is 11.5 Å². The highest BCUT2D eigenvalue weighted by molar-refractivity contribution is 5.95. The van der Waals surface area contributed by atoms with Gasteiger partial charge < -0.3 is 19.7 Å². The molecule has 0 aromatic heterocycles. The maximum Gasteiger partial charge on any atom is 0.242 e. The highest BCUT2D eigenvalue weighted by atomic mass is 16.5. The number of hydrogen-bond acceptors (Lipinski definition) is 5. The van der Waals surface area contributed by atoms with Crippen LogP contribution in [-0.4, -0.2) is 43.9 Å². The van der Waals surface area contributed by atoms with Crippen LogP contribution < -0.4 is 14.8 Å². The van der Waals surface area contributed by atoms with Gasteiger partial charge in [0.2, 0.25) is 5.91 Å². The second kappa shape index (κ2) is 8.12. The lowest BCUT2D eigenvalue weighted by molar-refractivity contribution is -0.130. The number of hydrogen-bond donors (Lipinski definition) is 1. The number of carbonyl (C=O) groups is 2. The van der Waals surface area contributed by atoms with Gasteiger partial charge in [-0.15, -0.1) is 0 Å². The van der Waals surface area contributed by atoms with Crippen LogP contribution in [0.4, 0.5) is 5.69 Å². The fourth-order valence-corrected chi connectivity index (χ4v) is 3.23. The molecule has 1 N–H and O–H groups in total. The SMILES string of the molecule is COc1cc2c(cc1OC)CN(C(=O)CNc1cccc(C(C)=O)c1)CC2. The second-order valence-electron chi connectivity index (χ2n) is 6.53. The first-order valence-electron chi connectivity index (χ1n) is 8.88. The number of ketones is 1. The van der Waals surface area contributed by atoms with Crippen molar-refractivity contribution < 1.29 is 19.1 Å². The lowest BCUT2D eigenvalue weighted by Crippen LogP contribution is -2.39. The molecule has 2 aromatic rings. The van der Waals surface area contributed by atoms with E-state index in [1.807, 2.05) is 23.1 Å². The molecule has 0 unspecified atom stereocenters. The van der Waals surface area contributed by atoms with Crippen molar-refractivity contribution in [3.05, 3.63) is 53.1 Å². The number of methoxy groups -OCH3 is 2. The number of nitrogens with one attached hydrogen (secondary N) is 1. The Kier molecular flexibility index (Phi) is 5.64. The average molecular weight is 368 g/mol. The third-order valence-electron chi connectivity index (χ3n) is 4.78. The van der Waals surface area contributed by atoms with E-state index in [9.17, 15) is 9.59 Å². The molecule has 1 heterocycles. The topological polar surface area (TPSA) is 67.9 Å². The molecule has 6 heteroatoms. The minimum absolute atomic E-state index is 0.00184. The number of carbonyl (C=O) groups excluding carboxylic acids is 2. The number of ether oxygens (including phenoxy) is 2. The summed E-state index contributed by atoms with van der Waals surface area (Å²) in [5.41, 5.74) is 3.64. The highest BCUT2D eigenvalue weighted by Gasteiger charge is 2.22. The third-order valence-corrected chi connectivity index (χ3v) is 4.78. The van der Waals surface area contributed by atoms with E-state index in [-0.39, 0.29) is 18.2 Å². The molecule has 27 heavy (non-hydrogen) atoms. The van der Waals surface area contributed by atoms with Crippen LogP contribution in [0.1, 0.15) is 28.4 Å². The predicted octanol–water partition coefficient (Wildman–Crippen LogP) is 2.90. The van der Waals surface area contributed by atoms with E-state index in [1.54, 1.807) is 32.4 Å². The Morgan fingerprint density at radius 1 is 1.07 bits per heavy atom. The number of benzene rings is 2. The van der Waals surface area contributed by atoms with Crippen LogP contribution in [0.25, 0.3) is 0 Å². The monoisotopic (exact) mass is 368 g/mol. The zero-order valence-corrected chi connectivity index (χ0v) is 15.9. The summed E-state index contributed by atoms with van der Waals surface area (Å²) in [6.45, 7) is 2.92. The molecule has 0 atom stereocenters. The molecule has 1 amide bonds. The first kappa shape index (κ1) is 18.8. The Morgan fingerprint density at radius 2 is 1.78 bits per heavy atom. The minimum atomic E-state index is 0.00184. The lowest BCUT2D eigenvalue weighted by atomic mass is 9.98. The molecule has 2 aromatic carbocycles. The van der Waals surface area contributed by atoms with Gasteiger partial charge in [0.25, 0.3) is 0 Å². The summed E-state index contributed by atoms with van der Waals surface area (Å²) in [5, 5.41) is 3.11. The van der Waals surface area contributed by atoms with E-state index in [2.05, 4.69) is 5.32 Å². The molecule has 0 saturated carbocycles. The Bertz CT molecular complexity index is 863. The first-order valence-corrected chi connectivity index (χ1v) is 8.88. The maximum atomic E-state index is 12.6. The molecule has 0 aliphatic carbocycles. The van der Waals surface area contributed by atoms with E-state index < -0.39 is 0 Å². The van der Waals surface area contributed by atoms with E-state index in [1.165, 1.54) is 12.5 Å². The number of rotatable bonds is 6. The van der Waals surface area contributed by atoms with Gasteiger partial charge in [-0.2, -0.15) is 0 Å². The Balaban J connectivity index is 1.65. The molecule has 0 saturated heterocycles.